The van der Waals surface area contributed by atoms with Gasteiger partial charge in [-0.1, -0.05) is 30.3 Å². The predicted octanol–water partition coefficient (Wildman–Crippen LogP) is 3.21. The number of hydrogen-bond donors (Lipinski definition) is 0. The third-order valence-electron chi connectivity index (χ3n) is 4.51. The lowest BCUT2D eigenvalue weighted by molar-refractivity contribution is 0.122. The number of hydrogen-bond acceptors (Lipinski definition) is 6. The minimum Gasteiger partial charge on any atom is -0.378 e. The highest BCUT2D eigenvalue weighted by Gasteiger charge is 2.14. The molecule has 1 aromatic heterocycles. The van der Waals surface area contributed by atoms with Crippen LogP contribution in [0.5, 0.6) is 0 Å². The van der Waals surface area contributed by atoms with Crippen LogP contribution < -0.4 is 9.80 Å². The molecule has 6 heteroatoms. The Morgan fingerprint density at radius 1 is 1.00 bits per heavy atom. The molecule has 134 valence electrons. The predicted molar refractivity (Wildman–Crippen MR) is 101 cm³/mol. The SMILES string of the molecule is CN(Cc1ccc(N2CCOCC2)cc1)c1noc(-c2ccccc2)n1. The Hall–Kier alpha value is -2.86. The van der Waals surface area contributed by atoms with Crippen LogP contribution in [-0.2, 0) is 11.3 Å². The van der Waals surface area contributed by atoms with Crippen LogP contribution >= 0.6 is 0 Å². The lowest BCUT2D eigenvalue weighted by Gasteiger charge is -2.29. The largest absolute Gasteiger partial charge is 0.378 e. The van der Waals surface area contributed by atoms with Gasteiger partial charge in [0.1, 0.15) is 0 Å². The van der Waals surface area contributed by atoms with Gasteiger partial charge in [0.2, 0.25) is 0 Å². The molecule has 6 nitrogen and oxygen atoms in total. The van der Waals surface area contributed by atoms with Crippen LogP contribution in [0.4, 0.5) is 11.6 Å². The van der Waals surface area contributed by atoms with E-state index in [4.69, 9.17) is 9.26 Å². The van der Waals surface area contributed by atoms with Crippen molar-refractivity contribution in [3.63, 3.8) is 0 Å². The van der Waals surface area contributed by atoms with E-state index in [0.29, 0.717) is 11.8 Å². The Kier molecular flexibility index (Phi) is 4.84. The summed E-state index contributed by atoms with van der Waals surface area (Å²) in [5, 5.41) is 4.10. The lowest BCUT2D eigenvalue weighted by Crippen LogP contribution is -2.36. The minimum atomic E-state index is 0.537. The summed E-state index contributed by atoms with van der Waals surface area (Å²) in [7, 11) is 1.97. The van der Waals surface area contributed by atoms with Gasteiger partial charge >= 0.3 is 0 Å². The summed E-state index contributed by atoms with van der Waals surface area (Å²) in [6.45, 7) is 4.21. The first kappa shape index (κ1) is 16.6. The first-order valence-electron chi connectivity index (χ1n) is 8.81. The van der Waals surface area contributed by atoms with Crippen LogP contribution in [0, 0.1) is 0 Å². The third-order valence-corrected chi connectivity index (χ3v) is 4.51. The molecular weight excluding hydrogens is 328 g/mol. The standard InChI is InChI=1S/C20H22N4O2/c1-23(20-21-19(26-22-20)17-5-3-2-4-6-17)15-16-7-9-18(10-8-16)24-11-13-25-14-12-24/h2-10H,11-15H2,1H3. The molecule has 26 heavy (non-hydrogen) atoms. The molecule has 3 aromatic rings. The Labute approximate surface area is 153 Å². The smallest absolute Gasteiger partial charge is 0.266 e. The van der Waals surface area contributed by atoms with Crippen molar-refractivity contribution in [3.8, 4) is 11.5 Å². The van der Waals surface area contributed by atoms with Gasteiger partial charge in [0, 0.05) is 37.9 Å². The maximum Gasteiger partial charge on any atom is 0.266 e. The quantitative estimate of drug-likeness (QED) is 0.704. The van der Waals surface area contributed by atoms with Crippen LogP contribution in [0.15, 0.2) is 59.1 Å². The molecule has 4 rings (SSSR count). The van der Waals surface area contributed by atoms with Crippen LogP contribution in [0.3, 0.4) is 0 Å². The zero-order valence-electron chi connectivity index (χ0n) is 14.8. The molecule has 1 fully saturated rings. The summed E-state index contributed by atoms with van der Waals surface area (Å²) >= 11 is 0. The lowest BCUT2D eigenvalue weighted by atomic mass is 10.2. The maximum absolute atomic E-state index is 5.41. The van der Waals surface area contributed by atoms with Gasteiger partial charge in [-0.15, -0.1) is 0 Å². The highest BCUT2D eigenvalue weighted by Crippen LogP contribution is 2.21. The Balaban J connectivity index is 1.41. The van der Waals surface area contributed by atoms with Crippen LogP contribution in [0.1, 0.15) is 5.56 Å². The molecule has 2 heterocycles. The van der Waals surface area contributed by atoms with Gasteiger partial charge in [-0.25, -0.2) is 0 Å². The van der Waals surface area contributed by atoms with E-state index in [1.54, 1.807) is 0 Å². The Morgan fingerprint density at radius 2 is 1.73 bits per heavy atom. The normalized spacial score (nSPS) is 14.4. The van der Waals surface area contributed by atoms with Crippen molar-refractivity contribution in [2.24, 2.45) is 0 Å². The maximum atomic E-state index is 5.41. The number of aromatic nitrogens is 2. The molecule has 0 spiro atoms. The first-order chi connectivity index (χ1) is 12.8. The Morgan fingerprint density at radius 3 is 2.46 bits per heavy atom. The molecule has 0 radical (unpaired) electrons. The Bertz CT molecular complexity index is 827. The highest BCUT2D eigenvalue weighted by atomic mass is 16.5. The first-order valence-corrected chi connectivity index (χ1v) is 8.81. The highest BCUT2D eigenvalue weighted by molar-refractivity contribution is 5.54. The number of anilines is 2. The van der Waals surface area contributed by atoms with E-state index in [-0.39, 0.29) is 0 Å². The number of benzene rings is 2. The van der Waals surface area contributed by atoms with E-state index in [1.807, 2.05) is 42.3 Å². The van der Waals surface area contributed by atoms with Crippen LogP contribution in [-0.4, -0.2) is 43.5 Å². The molecule has 2 aromatic carbocycles. The number of nitrogens with zero attached hydrogens (tertiary/aromatic N) is 4. The fourth-order valence-corrected chi connectivity index (χ4v) is 3.05. The second kappa shape index (κ2) is 7.58. The summed E-state index contributed by atoms with van der Waals surface area (Å²) in [5.74, 6) is 1.12. The van der Waals surface area contributed by atoms with E-state index in [9.17, 15) is 0 Å². The van der Waals surface area contributed by atoms with Crippen molar-refractivity contribution in [1.29, 1.82) is 0 Å². The summed E-state index contributed by atoms with van der Waals surface area (Å²) in [6.07, 6.45) is 0. The number of ether oxygens (including phenoxy) is 1. The fourth-order valence-electron chi connectivity index (χ4n) is 3.05. The van der Waals surface area contributed by atoms with Gasteiger partial charge in [-0.05, 0) is 35.0 Å². The molecule has 1 saturated heterocycles. The molecule has 0 N–H and O–H groups in total. The monoisotopic (exact) mass is 350 g/mol. The molecule has 0 amide bonds. The second-order valence-corrected chi connectivity index (χ2v) is 6.39. The molecule has 0 saturated carbocycles. The van der Waals surface area contributed by atoms with Gasteiger partial charge in [0.25, 0.3) is 11.8 Å². The van der Waals surface area contributed by atoms with Crippen LogP contribution in [0.2, 0.25) is 0 Å². The fraction of sp³-hybridized carbons (Fsp3) is 0.300. The van der Waals surface area contributed by atoms with Crippen molar-refractivity contribution in [1.82, 2.24) is 10.1 Å². The molecule has 0 atom stereocenters. The van der Waals surface area contributed by atoms with Crippen LogP contribution in [0.25, 0.3) is 11.5 Å². The van der Waals surface area contributed by atoms with Gasteiger partial charge in [0.05, 0.1) is 13.2 Å². The van der Waals surface area contributed by atoms with Crippen molar-refractivity contribution in [2.45, 2.75) is 6.54 Å². The van der Waals surface area contributed by atoms with E-state index >= 15 is 0 Å². The average Bonchev–Trinajstić information content (AvgIpc) is 3.20. The van der Waals surface area contributed by atoms with E-state index < -0.39 is 0 Å². The third kappa shape index (κ3) is 3.70. The zero-order valence-corrected chi connectivity index (χ0v) is 14.8. The van der Waals surface area contributed by atoms with E-state index in [1.165, 1.54) is 11.3 Å². The number of morpholine rings is 1. The molecule has 0 unspecified atom stereocenters. The molecule has 0 bridgehead atoms. The summed E-state index contributed by atoms with van der Waals surface area (Å²) in [5.41, 5.74) is 3.37. The van der Waals surface area contributed by atoms with Crippen molar-refractivity contribution in [2.75, 3.05) is 43.2 Å². The second-order valence-electron chi connectivity index (χ2n) is 6.39. The zero-order chi connectivity index (χ0) is 17.8. The molecular formula is C20H22N4O2. The molecule has 1 aliphatic heterocycles. The van der Waals surface area contributed by atoms with Gasteiger partial charge < -0.3 is 19.1 Å². The molecule has 1 aliphatic rings. The van der Waals surface area contributed by atoms with E-state index in [2.05, 4.69) is 39.3 Å². The number of rotatable bonds is 5. The van der Waals surface area contributed by atoms with Crippen molar-refractivity contribution in [3.05, 3.63) is 60.2 Å². The summed E-state index contributed by atoms with van der Waals surface area (Å²) in [4.78, 5) is 8.83. The van der Waals surface area contributed by atoms with Crippen molar-refractivity contribution < 1.29 is 9.26 Å². The van der Waals surface area contributed by atoms with Crippen molar-refractivity contribution >= 4 is 11.6 Å². The summed E-state index contributed by atoms with van der Waals surface area (Å²) < 4.78 is 10.8. The van der Waals surface area contributed by atoms with Gasteiger partial charge in [0.15, 0.2) is 0 Å². The summed E-state index contributed by atoms with van der Waals surface area (Å²) in [6, 6.07) is 18.4. The van der Waals surface area contributed by atoms with Gasteiger partial charge in [-0.3, -0.25) is 0 Å². The van der Waals surface area contributed by atoms with Gasteiger partial charge in [-0.2, -0.15) is 4.98 Å². The molecule has 0 aliphatic carbocycles. The minimum absolute atomic E-state index is 0.537. The average molecular weight is 350 g/mol. The van der Waals surface area contributed by atoms with E-state index in [0.717, 1.165) is 38.4 Å². The topological polar surface area (TPSA) is 54.6 Å².